The summed E-state index contributed by atoms with van der Waals surface area (Å²) >= 11 is 1.47. The second-order valence-corrected chi connectivity index (χ2v) is 9.30. The van der Waals surface area contributed by atoms with Gasteiger partial charge in [-0.25, -0.2) is 9.59 Å². The van der Waals surface area contributed by atoms with Crippen molar-refractivity contribution in [3.05, 3.63) is 59.7 Å². The van der Waals surface area contributed by atoms with E-state index in [4.69, 9.17) is 9.47 Å². The number of aliphatic carboxylic acids is 1. The molecule has 1 atom stereocenters. The maximum absolute atomic E-state index is 12.4. The van der Waals surface area contributed by atoms with Gasteiger partial charge in [0.2, 0.25) is 0 Å². The molecule has 0 saturated carbocycles. The lowest BCUT2D eigenvalue weighted by Gasteiger charge is -2.22. The minimum atomic E-state index is -1.08. The summed E-state index contributed by atoms with van der Waals surface area (Å²) in [4.78, 5) is 23.9. The van der Waals surface area contributed by atoms with Crippen molar-refractivity contribution in [2.45, 2.75) is 37.8 Å². The lowest BCUT2D eigenvalue weighted by atomic mass is 9.98. The minimum absolute atomic E-state index is 0.0629. The van der Waals surface area contributed by atoms with E-state index >= 15 is 0 Å². The molecule has 0 saturated heterocycles. The number of carbonyl (C=O) groups excluding carboxylic acids is 1. The van der Waals surface area contributed by atoms with E-state index in [9.17, 15) is 14.7 Å². The third-order valence-corrected chi connectivity index (χ3v) is 6.68. The summed E-state index contributed by atoms with van der Waals surface area (Å²) < 4.78 is 10.8. The number of thioether (sulfide) groups is 1. The second-order valence-electron chi connectivity index (χ2n) is 8.15. The van der Waals surface area contributed by atoms with Crippen molar-refractivity contribution < 1.29 is 24.2 Å². The Morgan fingerprint density at radius 1 is 1.10 bits per heavy atom. The fraction of sp³-hybridized carbons (Fsp3) is 0.417. The fourth-order valence-corrected chi connectivity index (χ4v) is 4.84. The van der Waals surface area contributed by atoms with E-state index in [1.807, 2.05) is 50.2 Å². The van der Waals surface area contributed by atoms with Crippen LogP contribution in [0, 0.1) is 0 Å². The predicted molar refractivity (Wildman–Crippen MR) is 123 cm³/mol. The van der Waals surface area contributed by atoms with E-state index in [2.05, 4.69) is 17.4 Å². The van der Waals surface area contributed by atoms with Gasteiger partial charge in [0, 0.05) is 18.8 Å². The zero-order valence-electron chi connectivity index (χ0n) is 18.1. The number of methoxy groups -OCH3 is 1. The van der Waals surface area contributed by atoms with Gasteiger partial charge in [-0.1, -0.05) is 48.5 Å². The third-order valence-electron chi connectivity index (χ3n) is 5.62. The molecule has 0 aliphatic heterocycles. The number of carbonyl (C=O) groups is 2. The summed E-state index contributed by atoms with van der Waals surface area (Å²) in [6.07, 6.45) is 0.0675. The molecule has 7 heteroatoms. The molecule has 0 bridgehead atoms. The standard InChI is InChI=1S/C24H29NO5S/c1-24(2,29-3)12-13-31-15-21(22(26)27)25-23(28)30-14-20-18-10-6-4-8-16(18)17-9-5-7-11-19(17)20/h4-11,20-21H,12-15H2,1-3H3,(H,25,28)(H,26,27). The molecule has 0 fully saturated rings. The summed E-state index contributed by atoms with van der Waals surface area (Å²) in [5.74, 6) is -0.143. The molecule has 31 heavy (non-hydrogen) atoms. The number of fused-ring (bicyclic) bond motifs is 3. The van der Waals surface area contributed by atoms with Crippen LogP contribution in [-0.2, 0) is 14.3 Å². The summed E-state index contributed by atoms with van der Waals surface area (Å²) in [6, 6.07) is 15.1. The van der Waals surface area contributed by atoms with E-state index in [0.29, 0.717) is 0 Å². The summed E-state index contributed by atoms with van der Waals surface area (Å²) in [7, 11) is 1.66. The first-order valence-corrected chi connectivity index (χ1v) is 11.4. The molecular formula is C24H29NO5S. The van der Waals surface area contributed by atoms with Crippen LogP contribution in [0.25, 0.3) is 11.1 Å². The maximum atomic E-state index is 12.4. The number of carboxylic acids is 1. The van der Waals surface area contributed by atoms with Crippen molar-refractivity contribution in [1.29, 1.82) is 0 Å². The number of hydrogen-bond donors (Lipinski definition) is 2. The first kappa shape index (κ1) is 23.2. The number of ether oxygens (including phenoxy) is 2. The molecule has 2 aromatic carbocycles. The number of carboxylic acid groups (broad SMARTS) is 1. The molecule has 1 aliphatic carbocycles. The van der Waals surface area contributed by atoms with E-state index in [1.165, 1.54) is 11.8 Å². The highest BCUT2D eigenvalue weighted by Crippen LogP contribution is 2.44. The molecule has 6 nitrogen and oxygen atoms in total. The topological polar surface area (TPSA) is 84.9 Å². The van der Waals surface area contributed by atoms with E-state index in [1.54, 1.807) is 7.11 Å². The van der Waals surface area contributed by atoms with Gasteiger partial charge in [-0.2, -0.15) is 11.8 Å². The molecule has 2 aromatic rings. The smallest absolute Gasteiger partial charge is 0.407 e. The van der Waals surface area contributed by atoms with E-state index < -0.39 is 18.1 Å². The Morgan fingerprint density at radius 3 is 2.23 bits per heavy atom. The third kappa shape index (κ3) is 5.80. The van der Waals surface area contributed by atoms with Crippen molar-refractivity contribution in [3.8, 4) is 11.1 Å². The molecule has 2 N–H and O–H groups in total. The van der Waals surface area contributed by atoms with Crippen LogP contribution in [0.2, 0.25) is 0 Å². The van der Waals surface area contributed by atoms with E-state index in [-0.39, 0.29) is 23.9 Å². The Balaban J connectivity index is 1.54. The van der Waals surface area contributed by atoms with Gasteiger partial charge >= 0.3 is 12.1 Å². The average molecular weight is 444 g/mol. The van der Waals surface area contributed by atoms with Gasteiger partial charge in [0.05, 0.1) is 5.60 Å². The van der Waals surface area contributed by atoms with Crippen LogP contribution in [0.5, 0.6) is 0 Å². The Morgan fingerprint density at radius 2 is 1.68 bits per heavy atom. The number of hydrogen-bond acceptors (Lipinski definition) is 5. The molecular weight excluding hydrogens is 414 g/mol. The van der Waals surface area contributed by atoms with Crippen molar-refractivity contribution >= 4 is 23.8 Å². The normalized spacial score (nSPS) is 13.9. The lowest BCUT2D eigenvalue weighted by molar-refractivity contribution is -0.138. The van der Waals surface area contributed by atoms with Crippen LogP contribution in [0.4, 0.5) is 4.79 Å². The average Bonchev–Trinajstić information content (AvgIpc) is 3.08. The van der Waals surface area contributed by atoms with Crippen molar-refractivity contribution in [3.63, 3.8) is 0 Å². The van der Waals surface area contributed by atoms with Gasteiger partial charge in [-0.3, -0.25) is 0 Å². The van der Waals surface area contributed by atoms with Gasteiger partial charge in [-0.15, -0.1) is 0 Å². The largest absolute Gasteiger partial charge is 0.480 e. The Kier molecular flexibility index (Phi) is 7.62. The molecule has 1 aliphatic rings. The van der Waals surface area contributed by atoms with Gasteiger partial charge in [0.15, 0.2) is 0 Å². The first-order valence-electron chi connectivity index (χ1n) is 10.3. The number of benzene rings is 2. The van der Waals surface area contributed by atoms with Gasteiger partial charge in [-0.05, 0) is 48.3 Å². The Bertz CT molecular complexity index is 884. The molecule has 0 radical (unpaired) electrons. The van der Waals surface area contributed by atoms with Crippen LogP contribution < -0.4 is 5.32 Å². The zero-order valence-corrected chi connectivity index (χ0v) is 18.9. The monoisotopic (exact) mass is 443 g/mol. The predicted octanol–water partition coefficient (Wildman–Crippen LogP) is 4.53. The molecule has 1 amide bonds. The molecule has 0 aromatic heterocycles. The SMILES string of the molecule is COC(C)(C)CCSCC(NC(=O)OCC1c2ccccc2-c2ccccc21)C(=O)O. The number of amides is 1. The zero-order chi connectivity index (χ0) is 22.4. The maximum Gasteiger partial charge on any atom is 0.407 e. The second kappa shape index (κ2) is 10.2. The summed E-state index contributed by atoms with van der Waals surface area (Å²) in [5, 5.41) is 11.9. The first-order chi connectivity index (χ1) is 14.8. The molecule has 0 heterocycles. The number of alkyl carbamates (subject to hydrolysis) is 1. The summed E-state index contributed by atoms with van der Waals surface area (Å²) in [6.45, 7) is 4.12. The van der Waals surface area contributed by atoms with Crippen molar-refractivity contribution in [2.24, 2.45) is 0 Å². The minimum Gasteiger partial charge on any atom is -0.480 e. The number of rotatable bonds is 10. The Labute approximate surface area is 187 Å². The van der Waals surface area contributed by atoms with Gasteiger partial charge in [0.25, 0.3) is 0 Å². The highest BCUT2D eigenvalue weighted by molar-refractivity contribution is 7.99. The highest BCUT2D eigenvalue weighted by Gasteiger charge is 2.29. The lowest BCUT2D eigenvalue weighted by Crippen LogP contribution is -2.43. The number of nitrogens with one attached hydrogen (secondary N) is 1. The Hall–Kier alpha value is -2.51. The fourth-order valence-electron chi connectivity index (χ4n) is 3.58. The van der Waals surface area contributed by atoms with Crippen LogP contribution in [0.15, 0.2) is 48.5 Å². The van der Waals surface area contributed by atoms with Gasteiger partial charge in [0.1, 0.15) is 12.6 Å². The van der Waals surface area contributed by atoms with Gasteiger partial charge < -0.3 is 19.9 Å². The van der Waals surface area contributed by atoms with Crippen molar-refractivity contribution in [1.82, 2.24) is 5.32 Å². The summed E-state index contributed by atoms with van der Waals surface area (Å²) in [5.41, 5.74) is 4.26. The molecule has 0 spiro atoms. The van der Waals surface area contributed by atoms with Crippen LogP contribution in [-0.4, -0.2) is 54.0 Å². The van der Waals surface area contributed by atoms with E-state index in [0.717, 1.165) is 34.4 Å². The molecule has 166 valence electrons. The highest BCUT2D eigenvalue weighted by atomic mass is 32.2. The van der Waals surface area contributed by atoms with Crippen LogP contribution in [0.3, 0.4) is 0 Å². The van der Waals surface area contributed by atoms with Crippen LogP contribution >= 0.6 is 11.8 Å². The molecule has 1 unspecified atom stereocenters. The molecule has 3 rings (SSSR count). The quantitative estimate of drug-likeness (QED) is 0.525. The van der Waals surface area contributed by atoms with Crippen LogP contribution in [0.1, 0.15) is 37.3 Å². The van der Waals surface area contributed by atoms with Crippen molar-refractivity contribution in [2.75, 3.05) is 25.2 Å².